The first-order valence-electron chi connectivity index (χ1n) is 10.1. The lowest BCUT2D eigenvalue weighted by Crippen LogP contribution is -2.26. The lowest BCUT2D eigenvalue weighted by molar-refractivity contribution is 0.0749. The molecule has 7 nitrogen and oxygen atoms in total. The molecule has 0 aliphatic carbocycles. The zero-order chi connectivity index (χ0) is 21.2. The first kappa shape index (κ1) is 18.8. The van der Waals surface area contributed by atoms with Crippen LogP contribution in [0.5, 0.6) is 0 Å². The van der Waals surface area contributed by atoms with Gasteiger partial charge in [0.05, 0.1) is 60.6 Å². The largest absolute Gasteiger partial charge is 0.328 e. The minimum absolute atomic E-state index is 0.0714. The number of hydrogen-bond donors (Lipinski definition) is 0. The minimum atomic E-state index is -0.0714. The van der Waals surface area contributed by atoms with Gasteiger partial charge in [0, 0.05) is 17.7 Å². The van der Waals surface area contributed by atoms with Crippen molar-refractivity contribution in [3.05, 3.63) is 89.9 Å². The van der Waals surface area contributed by atoms with E-state index < -0.39 is 0 Å². The van der Waals surface area contributed by atoms with E-state index in [9.17, 15) is 4.79 Å². The number of rotatable bonds is 5. The molecule has 0 N–H and O–H groups in total. The highest BCUT2D eigenvalue weighted by Crippen LogP contribution is 2.30. The second-order valence-corrected chi connectivity index (χ2v) is 7.43. The maximum atomic E-state index is 13.5. The molecule has 0 unspecified atom stereocenters. The second-order valence-electron chi connectivity index (χ2n) is 7.43. The van der Waals surface area contributed by atoms with Crippen LogP contribution in [0.4, 0.5) is 0 Å². The van der Waals surface area contributed by atoms with Crippen LogP contribution in [0.25, 0.3) is 16.9 Å². The molecule has 31 heavy (non-hydrogen) atoms. The smallest absolute Gasteiger partial charge is 0.258 e. The Kier molecular flexibility index (Phi) is 4.81. The minimum Gasteiger partial charge on any atom is -0.328 e. The zero-order valence-electron chi connectivity index (χ0n) is 16.8. The predicted molar refractivity (Wildman–Crippen MR) is 115 cm³/mol. The van der Waals surface area contributed by atoms with Gasteiger partial charge in [0.25, 0.3) is 5.91 Å². The molecule has 0 fully saturated rings. The summed E-state index contributed by atoms with van der Waals surface area (Å²) in [5.74, 6) is -0.0714. The quantitative estimate of drug-likeness (QED) is 0.503. The van der Waals surface area contributed by atoms with Crippen LogP contribution in [0.15, 0.2) is 73.1 Å². The first-order chi connectivity index (χ1) is 15.3. The van der Waals surface area contributed by atoms with E-state index in [-0.39, 0.29) is 5.91 Å². The fourth-order valence-electron chi connectivity index (χ4n) is 4.02. The predicted octanol–water partition coefficient (Wildman–Crippen LogP) is 3.81. The van der Waals surface area contributed by atoms with Crippen molar-refractivity contribution in [2.24, 2.45) is 0 Å². The summed E-state index contributed by atoms with van der Waals surface area (Å²) in [5.41, 5.74) is 5.27. The molecule has 152 valence electrons. The first-order valence-corrected chi connectivity index (χ1v) is 10.1. The molecule has 3 heterocycles. The van der Waals surface area contributed by atoms with E-state index in [2.05, 4.69) is 16.3 Å². The zero-order valence-corrected chi connectivity index (χ0v) is 16.8. The van der Waals surface area contributed by atoms with Crippen LogP contribution in [-0.4, -0.2) is 30.4 Å². The second kappa shape index (κ2) is 7.92. The number of fused-ring (bicyclic) bond motifs is 1. The van der Waals surface area contributed by atoms with Crippen LogP contribution < -0.4 is 0 Å². The average Bonchev–Trinajstić information content (AvgIpc) is 3.52. The number of benzene rings is 2. The number of hydrogen-bond acceptors (Lipinski definition) is 4. The number of nitriles is 1. The summed E-state index contributed by atoms with van der Waals surface area (Å²) in [7, 11) is 0. The Bertz CT molecular complexity index is 1270. The standard InChI is InChI=1S/C24H20N6O/c25-12-7-13-29-23(18-8-3-1-4-9-18)21(15-26-29)24(31)28-16-19-14-27-30(22(19)17-28)20-10-5-2-6-11-20/h1-6,8-11,14-15H,7,13,16-17H2. The third-order valence-corrected chi connectivity index (χ3v) is 5.50. The van der Waals surface area contributed by atoms with Crippen LogP contribution >= 0.6 is 0 Å². The summed E-state index contributed by atoms with van der Waals surface area (Å²) in [4.78, 5) is 15.3. The van der Waals surface area contributed by atoms with Gasteiger partial charge < -0.3 is 4.90 Å². The third-order valence-electron chi connectivity index (χ3n) is 5.50. The van der Waals surface area contributed by atoms with Crippen molar-refractivity contribution in [1.29, 1.82) is 5.26 Å². The molecule has 0 bridgehead atoms. The summed E-state index contributed by atoms with van der Waals surface area (Å²) in [6, 6.07) is 21.8. The van der Waals surface area contributed by atoms with Crippen molar-refractivity contribution in [3.8, 4) is 23.0 Å². The van der Waals surface area contributed by atoms with Gasteiger partial charge in [-0.25, -0.2) is 4.68 Å². The molecule has 0 radical (unpaired) electrons. The van der Waals surface area contributed by atoms with Crippen molar-refractivity contribution in [2.45, 2.75) is 26.1 Å². The van der Waals surface area contributed by atoms with Gasteiger partial charge in [-0.05, 0) is 12.1 Å². The maximum absolute atomic E-state index is 13.5. The highest BCUT2D eigenvalue weighted by atomic mass is 16.2. The average molecular weight is 408 g/mol. The summed E-state index contributed by atoms with van der Waals surface area (Å²) < 4.78 is 3.65. The number of para-hydroxylation sites is 1. The van der Waals surface area contributed by atoms with E-state index in [1.807, 2.05) is 76.4 Å². The Morgan fingerprint density at radius 3 is 2.45 bits per heavy atom. The highest BCUT2D eigenvalue weighted by Gasteiger charge is 2.31. The van der Waals surface area contributed by atoms with Gasteiger partial charge >= 0.3 is 0 Å². The van der Waals surface area contributed by atoms with Crippen LogP contribution in [0.3, 0.4) is 0 Å². The molecule has 1 aliphatic heterocycles. The molecule has 1 aliphatic rings. The fourth-order valence-corrected chi connectivity index (χ4v) is 4.02. The number of amides is 1. The fraction of sp³-hybridized carbons (Fsp3) is 0.167. The van der Waals surface area contributed by atoms with E-state index >= 15 is 0 Å². The van der Waals surface area contributed by atoms with Crippen LogP contribution in [0.2, 0.25) is 0 Å². The molecule has 1 amide bonds. The molecule has 0 atom stereocenters. The van der Waals surface area contributed by atoms with Gasteiger partial charge in [-0.1, -0.05) is 48.5 Å². The van der Waals surface area contributed by atoms with Crippen molar-refractivity contribution < 1.29 is 4.79 Å². The molecule has 0 spiro atoms. The molecular formula is C24H20N6O. The Hall–Kier alpha value is -4.18. The van der Waals surface area contributed by atoms with Gasteiger partial charge in [0.1, 0.15) is 0 Å². The van der Waals surface area contributed by atoms with Crippen molar-refractivity contribution in [1.82, 2.24) is 24.5 Å². The summed E-state index contributed by atoms with van der Waals surface area (Å²) in [5, 5.41) is 17.9. The van der Waals surface area contributed by atoms with Crippen molar-refractivity contribution in [2.75, 3.05) is 0 Å². The molecule has 7 heteroatoms. The van der Waals surface area contributed by atoms with E-state index in [1.165, 1.54) is 0 Å². The highest BCUT2D eigenvalue weighted by molar-refractivity contribution is 6.00. The van der Waals surface area contributed by atoms with Crippen LogP contribution in [0, 0.1) is 11.3 Å². The van der Waals surface area contributed by atoms with E-state index in [0.29, 0.717) is 31.6 Å². The SMILES string of the molecule is N#CCCn1ncc(C(=O)N2Cc3cnn(-c4ccccc4)c3C2)c1-c1ccccc1. The molecule has 2 aromatic carbocycles. The van der Waals surface area contributed by atoms with Crippen LogP contribution in [-0.2, 0) is 19.6 Å². The van der Waals surface area contributed by atoms with E-state index in [0.717, 1.165) is 28.2 Å². The van der Waals surface area contributed by atoms with Gasteiger partial charge in [-0.15, -0.1) is 0 Å². The van der Waals surface area contributed by atoms with Gasteiger partial charge in [-0.2, -0.15) is 15.5 Å². The number of carbonyl (C=O) groups excluding carboxylic acids is 1. The molecule has 0 saturated heterocycles. The molecule has 5 rings (SSSR count). The van der Waals surface area contributed by atoms with Crippen molar-refractivity contribution in [3.63, 3.8) is 0 Å². The number of carbonyl (C=O) groups is 1. The van der Waals surface area contributed by atoms with Gasteiger partial charge in [0.2, 0.25) is 0 Å². The maximum Gasteiger partial charge on any atom is 0.258 e. The van der Waals surface area contributed by atoms with Gasteiger partial charge in [0.15, 0.2) is 0 Å². The summed E-state index contributed by atoms with van der Waals surface area (Å²) >= 11 is 0. The lowest BCUT2D eigenvalue weighted by Gasteiger charge is -2.17. The van der Waals surface area contributed by atoms with Crippen molar-refractivity contribution >= 4 is 5.91 Å². The normalized spacial score (nSPS) is 12.5. The Morgan fingerprint density at radius 2 is 1.71 bits per heavy atom. The number of nitrogens with zero attached hydrogens (tertiary/aromatic N) is 6. The van der Waals surface area contributed by atoms with Crippen LogP contribution in [0.1, 0.15) is 28.0 Å². The Morgan fingerprint density at radius 1 is 0.968 bits per heavy atom. The van der Waals surface area contributed by atoms with E-state index in [4.69, 9.17) is 5.26 Å². The topological polar surface area (TPSA) is 79.7 Å². The number of aromatic nitrogens is 4. The monoisotopic (exact) mass is 408 g/mol. The molecule has 4 aromatic rings. The number of aryl methyl sites for hydroxylation is 1. The van der Waals surface area contributed by atoms with E-state index in [1.54, 1.807) is 10.9 Å². The lowest BCUT2D eigenvalue weighted by atomic mass is 10.1. The molecule has 2 aromatic heterocycles. The Labute approximate surface area is 179 Å². The summed E-state index contributed by atoms with van der Waals surface area (Å²) in [6.45, 7) is 1.44. The Balaban J connectivity index is 1.47. The summed E-state index contributed by atoms with van der Waals surface area (Å²) in [6.07, 6.45) is 3.79. The molecular weight excluding hydrogens is 388 g/mol. The molecule has 0 saturated carbocycles. The van der Waals surface area contributed by atoms with Gasteiger partial charge in [-0.3, -0.25) is 9.48 Å². The third kappa shape index (κ3) is 3.38.